The Bertz CT molecular complexity index is 2100. The third kappa shape index (κ3) is 4.96. The van der Waals surface area contributed by atoms with Crippen LogP contribution in [-0.4, -0.2) is 33.9 Å². The molecule has 5 aromatic carbocycles. The van der Waals surface area contributed by atoms with E-state index >= 15 is 0 Å². The summed E-state index contributed by atoms with van der Waals surface area (Å²) in [5.41, 5.74) is 7.30. The number of rotatable bonds is 6. The van der Waals surface area contributed by atoms with Gasteiger partial charge < -0.3 is 14.4 Å². The molecule has 0 unspecified atom stereocenters. The van der Waals surface area contributed by atoms with Crippen molar-refractivity contribution in [2.24, 2.45) is 0 Å². The van der Waals surface area contributed by atoms with Crippen molar-refractivity contribution in [3.05, 3.63) is 115 Å². The molecule has 0 bridgehead atoms. The number of fused-ring (bicyclic) bond motifs is 3. The highest BCUT2D eigenvalue weighted by Gasteiger charge is 2.27. The van der Waals surface area contributed by atoms with Gasteiger partial charge in [0.25, 0.3) is 0 Å². The molecule has 0 radical (unpaired) electrons. The molecular weight excluding hydrogens is 589 g/mol. The fourth-order valence-corrected chi connectivity index (χ4v) is 7.29. The molecule has 0 fully saturated rings. The van der Waals surface area contributed by atoms with Gasteiger partial charge in [0, 0.05) is 33.1 Å². The van der Waals surface area contributed by atoms with Crippen LogP contribution in [0.25, 0.3) is 33.3 Å². The number of para-hydroxylation sites is 3. The summed E-state index contributed by atoms with van der Waals surface area (Å²) in [7, 11) is -0.0614. The van der Waals surface area contributed by atoms with E-state index in [1.54, 1.807) is 38.1 Å². The molecule has 218 valence electrons. The van der Waals surface area contributed by atoms with E-state index in [2.05, 4.69) is 71.6 Å². The maximum atomic E-state index is 12.2. The maximum Gasteiger partial charge on any atom is 0.175 e. The van der Waals surface area contributed by atoms with Gasteiger partial charge in [-0.3, -0.25) is 0 Å². The monoisotopic (exact) mass is 616 g/mol. The summed E-state index contributed by atoms with van der Waals surface area (Å²) >= 11 is 1.76. The molecule has 44 heavy (non-hydrogen) atoms. The predicted octanol–water partition coefficient (Wildman–Crippen LogP) is 8.92. The van der Waals surface area contributed by atoms with Crippen molar-refractivity contribution in [1.82, 2.24) is 4.98 Å². The molecule has 0 N–H and O–H groups in total. The normalized spacial score (nSPS) is 12.5. The first-order valence-corrected chi connectivity index (χ1v) is 16.7. The van der Waals surface area contributed by atoms with Crippen molar-refractivity contribution in [3.63, 3.8) is 0 Å². The third-order valence-corrected chi connectivity index (χ3v) is 9.99. The summed E-state index contributed by atoms with van der Waals surface area (Å²) in [4.78, 5) is 10.1. The van der Waals surface area contributed by atoms with E-state index < -0.39 is 9.84 Å². The topological polar surface area (TPSA) is 68.7 Å². The number of hydrogen-bond donors (Lipinski definition) is 0. The lowest BCUT2D eigenvalue weighted by molar-refractivity contribution is 0.394. The maximum absolute atomic E-state index is 12.2. The second-order valence-corrected chi connectivity index (χ2v) is 13.6. The molecule has 8 heteroatoms. The average molecular weight is 617 g/mol. The standard InChI is InChI=1S/C36H28N2O4S2/c1-41-25-19-24(20-26(21-25)42-2)29-22-30(23-15-17-27(18-16-23)44(3,39)40)37-36-28(29)9-8-12-33(36)38-31-10-4-6-13-34(31)43-35-14-7-5-11-32(35)38/h4-22H,1-3H3. The molecule has 1 aliphatic heterocycles. The minimum Gasteiger partial charge on any atom is -0.497 e. The smallest absolute Gasteiger partial charge is 0.175 e. The Morgan fingerprint density at radius 2 is 1.25 bits per heavy atom. The van der Waals surface area contributed by atoms with Crippen LogP contribution in [0.5, 0.6) is 11.5 Å². The number of methoxy groups -OCH3 is 2. The molecule has 0 atom stereocenters. The number of benzene rings is 5. The summed E-state index contributed by atoms with van der Waals surface area (Å²) in [6.45, 7) is 0. The van der Waals surface area contributed by atoms with Crippen molar-refractivity contribution in [1.29, 1.82) is 0 Å². The Morgan fingerprint density at radius 1 is 0.659 bits per heavy atom. The van der Waals surface area contributed by atoms with Gasteiger partial charge in [0.2, 0.25) is 0 Å². The zero-order chi connectivity index (χ0) is 30.4. The fraction of sp³-hybridized carbons (Fsp3) is 0.0833. The van der Waals surface area contributed by atoms with Gasteiger partial charge in [-0.1, -0.05) is 60.3 Å². The average Bonchev–Trinajstić information content (AvgIpc) is 3.05. The lowest BCUT2D eigenvalue weighted by Crippen LogP contribution is -2.15. The molecule has 6 aromatic rings. The fourth-order valence-electron chi connectivity index (χ4n) is 5.60. The minimum absolute atomic E-state index is 0.263. The number of ether oxygens (including phenoxy) is 2. The van der Waals surface area contributed by atoms with Crippen molar-refractivity contribution >= 4 is 49.6 Å². The van der Waals surface area contributed by atoms with Crippen molar-refractivity contribution in [2.45, 2.75) is 14.7 Å². The molecule has 0 aliphatic carbocycles. The molecule has 0 saturated carbocycles. The van der Waals surface area contributed by atoms with Crippen molar-refractivity contribution < 1.29 is 17.9 Å². The van der Waals surface area contributed by atoms with Crippen LogP contribution in [0.3, 0.4) is 0 Å². The number of aromatic nitrogens is 1. The van der Waals surface area contributed by atoms with Gasteiger partial charge in [-0.15, -0.1) is 0 Å². The van der Waals surface area contributed by atoms with Gasteiger partial charge in [0.05, 0.1) is 47.4 Å². The molecule has 1 aromatic heterocycles. The molecule has 2 heterocycles. The molecule has 0 saturated heterocycles. The molecule has 7 rings (SSSR count). The van der Waals surface area contributed by atoms with Gasteiger partial charge in [-0.2, -0.15) is 0 Å². The Labute approximate surface area is 260 Å². The van der Waals surface area contributed by atoms with Crippen molar-refractivity contribution in [2.75, 3.05) is 25.4 Å². The lowest BCUT2D eigenvalue weighted by Gasteiger charge is -2.33. The highest BCUT2D eigenvalue weighted by atomic mass is 32.2. The highest BCUT2D eigenvalue weighted by Crippen LogP contribution is 2.52. The molecular formula is C36H28N2O4S2. The van der Waals surface area contributed by atoms with E-state index in [9.17, 15) is 8.42 Å². The van der Waals surface area contributed by atoms with Crippen LogP contribution in [0.15, 0.2) is 130 Å². The Balaban J connectivity index is 1.53. The van der Waals surface area contributed by atoms with Gasteiger partial charge in [0.1, 0.15) is 11.5 Å². The summed E-state index contributed by atoms with van der Waals surface area (Å²) in [6, 6.07) is 37.8. The zero-order valence-electron chi connectivity index (χ0n) is 24.3. The quantitative estimate of drug-likeness (QED) is 0.185. The molecule has 1 aliphatic rings. The van der Waals surface area contributed by atoms with Crippen LogP contribution in [0.2, 0.25) is 0 Å². The van der Waals surface area contributed by atoms with Crippen LogP contribution < -0.4 is 14.4 Å². The van der Waals surface area contributed by atoms with E-state index in [1.807, 2.05) is 36.4 Å². The summed E-state index contributed by atoms with van der Waals surface area (Å²) in [6.07, 6.45) is 1.21. The Hall–Kier alpha value is -4.79. The first kappa shape index (κ1) is 28.0. The summed E-state index contributed by atoms with van der Waals surface area (Å²) in [5.74, 6) is 1.35. The van der Waals surface area contributed by atoms with Crippen LogP contribution in [-0.2, 0) is 9.84 Å². The van der Waals surface area contributed by atoms with Crippen LogP contribution >= 0.6 is 11.8 Å². The number of anilines is 3. The summed E-state index contributed by atoms with van der Waals surface area (Å²) in [5, 5.41) is 0.961. The predicted molar refractivity (Wildman–Crippen MR) is 178 cm³/mol. The van der Waals surface area contributed by atoms with Gasteiger partial charge in [-0.05, 0) is 71.8 Å². The van der Waals surface area contributed by atoms with E-state index in [-0.39, 0.29) is 4.90 Å². The first-order valence-electron chi connectivity index (χ1n) is 14.0. The van der Waals surface area contributed by atoms with Gasteiger partial charge >= 0.3 is 0 Å². The lowest BCUT2D eigenvalue weighted by atomic mass is 9.96. The third-order valence-electron chi connectivity index (χ3n) is 7.73. The van der Waals surface area contributed by atoms with Crippen molar-refractivity contribution in [3.8, 4) is 33.9 Å². The summed E-state index contributed by atoms with van der Waals surface area (Å²) < 4.78 is 35.6. The zero-order valence-corrected chi connectivity index (χ0v) is 25.9. The highest BCUT2D eigenvalue weighted by molar-refractivity contribution is 7.99. The van der Waals surface area contributed by atoms with Gasteiger partial charge in [-0.25, -0.2) is 13.4 Å². The number of hydrogen-bond acceptors (Lipinski definition) is 7. The molecule has 0 amide bonds. The first-order chi connectivity index (χ1) is 21.3. The van der Waals surface area contributed by atoms with E-state index in [0.717, 1.165) is 60.1 Å². The Kier molecular flexibility index (Phi) is 7.03. The van der Waals surface area contributed by atoms with E-state index in [0.29, 0.717) is 11.5 Å². The number of pyridine rings is 1. The SMILES string of the molecule is COc1cc(OC)cc(-c2cc(-c3ccc(S(C)(=O)=O)cc3)nc3c(N4c5ccccc5Sc5ccccc54)cccc23)c1. The minimum atomic E-state index is -3.34. The van der Waals surface area contributed by atoms with Gasteiger partial charge in [0.15, 0.2) is 9.84 Å². The van der Waals surface area contributed by atoms with E-state index in [1.165, 1.54) is 6.26 Å². The number of nitrogens with zero attached hydrogens (tertiary/aromatic N) is 2. The molecule has 6 nitrogen and oxygen atoms in total. The second-order valence-electron chi connectivity index (χ2n) is 10.5. The number of sulfone groups is 1. The second kappa shape index (κ2) is 11.0. The Morgan fingerprint density at radius 3 is 1.84 bits per heavy atom. The van der Waals surface area contributed by atoms with Crippen LogP contribution in [0, 0.1) is 0 Å². The van der Waals surface area contributed by atoms with E-state index in [4.69, 9.17) is 14.5 Å². The van der Waals surface area contributed by atoms with Crippen LogP contribution in [0.1, 0.15) is 0 Å². The van der Waals surface area contributed by atoms with Crippen LogP contribution in [0.4, 0.5) is 17.1 Å². The largest absolute Gasteiger partial charge is 0.497 e. The molecule has 0 spiro atoms.